The lowest BCUT2D eigenvalue weighted by Crippen LogP contribution is -2.45. The van der Waals surface area contributed by atoms with E-state index in [2.05, 4.69) is 52.3 Å². The highest BCUT2D eigenvalue weighted by atomic mass is 19.1. The molecule has 3 nitrogen and oxygen atoms in total. The smallest absolute Gasteiger partial charge is 0.165 e. The van der Waals surface area contributed by atoms with Crippen molar-refractivity contribution in [1.29, 1.82) is 0 Å². The normalized spacial score (nSPS) is 15.9. The Morgan fingerprint density at radius 3 is 2.30 bits per heavy atom. The number of methoxy groups -OCH3 is 1. The van der Waals surface area contributed by atoms with E-state index in [1.54, 1.807) is 12.1 Å². The van der Waals surface area contributed by atoms with Crippen molar-refractivity contribution < 1.29 is 9.13 Å². The van der Waals surface area contributed by atoms with Crippen LogP contribution in [0.15, 0.2) is 60.7 Å². The third-order valence-corrected chi connectivity index (χ3v) is 5.36. The fourth-order valence-electron chi connectivity index (χ4n) is 3.84. The quantitative estimate of drug-likeness (QED) is 0.671. The van der Waals surface area contributed by atoms with E-state index in [9.17, 15) is 4.39 Å². The van der Waals surface area contributed by atoms with Crippen LogP contribution >= 0.6 is 0 Å². The summed E-state index contributed by atoms with van der Waals surface area (Å²) in [4.78, 5) is 4.90. The number of ether oxygens (including phenoxy) is 1. The predicted molar refractivity (Wildman–Crippen MR) is 107 cm³/mol. The number of rotatable bonds is 5. The molecular weight excluding hydrogens is 339 g/mol. The molecule has 1 aliphatic heterocycles. The summed E-state index contributed by atoms with van der Waals surface area (Å²) in [6, 6.07) is 20.4. The fraction of sp³-hybridized carbons (Fsp3) is 0.304. The number of fused-ring (bicyclic) bond motifs is 1. The van der Waals surface area contributed by atoms with E-state index in [4.69, 9.17) is 4.74 Å². The van der Waals surface area contributed by atoms with Gasteiger partial charge in [-0.15, -0.1) is 0 Å². The van der Waals surface area contributed by atoms with Crippen molar-refractivity contribution in [2.24, 2.45) is 0 Å². The van der Waals surface area contributed by atoms with Crippen molar-refractivity contribution in [3.63, 3.8) is 0 Å². The Labute approximate surface area is 160 Å². The first-order chi connectivity index (χ1) is 13.2. The molecule has 3 aromatic carbocycles. The van der Waals surface area contributed by atoms with E-state index in [0.717, 1.165) is 44.8 Å². The minimum Gasteiger partial charge on any atom is -0.494 e. The van der Waals surface area contributed by atoms with Crippen molar-refractivity contribution in [2.45, 2.75) is 13.1 Å². The molecule has 0 aromatic heterocycles. The lowest BCUT2D eigenvalue weighted by molar-refractivity contribution is 0.122. The van der Waals surface area contributed by atoms with Gasteiger partial charge < -0.3 is 4.74 Å². The molecule has 1 heterocycles. The summed E-state index contributed by atoms with van der Waals surface area (Å²) in [7, 11) is 1.49. The Morgan fingerprint density at radius 1 is 0.852 bits per heavy atom. The maximum atomic E-state index is 13.9. The van der Waals surface area contributed by atoms with Gasteiger partial charge >= 0.3 is 0 Å². The van der Waals surface area contributed by atoms with E-state index in [0.29, 0.717) is 5.75 Å². The molecule has 0 N–H and O–H groups in total. The van der Waals surface area contributed by atoms with Crippen LogP contribution in [0.1, 0.15) is 11.1 Å². The zero-order chi connectivity index (χ0) is 18.6. The highest BCUT2D eigenvalue weighted by molar-refractivity contribution is 5.85. The average Bonchev–Trinajstić information content (AvgIpc) is 2.70. The van der Waals surface area contributed by atoms with E-state index >= 15 is 0 Å². The zero-order valence-electron chi connectivity index (χ0n) is 15.7. The Bertz CT molecular complexity index is 914. The molecule has 1 saturated heterocycles. The van der Waals surface area contributed by atoms with Crippen molar-refractivity contribution >= 4 is 10.8 Å². The number of hydrogen-bond acceptors (Lipinski definition) is 3. The van der Waals surface area contributed by atoms with Crippen LogP contribution in [0.2, 0.25) is 0 Å². The average molecular weight is 364 g/mol. The van der Waals surface area contributed by atoms with Gasteiger partial charge in [0.2, 0.25) is 0 Å². The Morgan fingerprint density at radius 2 is 1.56 bits per heavy atom. The van der Waals surface area contributed by atoms with Gasteiger partial charge in [-0.3, -0.25) is 9.80 Å². The van der Waals surface area contributed by atoms with Crippen molar-refractivity contribution in [3.8, 4) is 5.75 Å². The van der Waals surface area contributed by atoms with Crippen LogP contribution in [0.4, 0.5) is 4.39 Å². The fourth-order valence-corrected chi connectivity index (χ4v) is 3.84. The van der Waals surface area contributed by atoms with E-state index in [-0.39, 0.29) is 5.82 Å². The molecule has 0 amide bonds. The van der Waals surface area contributed by atoms with Gasteiger partial charge in [-0.05, 0) is 34.0 Å². The monoisotopic (exact) mass is 364 g/mol. The summed E-state index contributed by atoms with van der Waals surface area (Å²) < 4.78 is 18.9. The molecule has 0 aliphatic carbocycles. The summed E-state index contributed by atoms with van der Waals surface area (Å²) >= 11 is 0. The highest BCUT2D eigenvalue weighted by Crippen LogP contribution is 2.22. The highest BCUT2D eigenvalue weighted by Gasteiger charge is 2.18. The van der Waals surface area contributed by atoms with Gasteiger partial charge in [-0.25, -0.2) is 4.39 Å². The van der Waals surface area contributed by atoms with Gasteiger partial charge in [0.05, 0.1) is 7.11 Å². The molecule has 0 spiro atoms. The Kier molecular flexibility index (Phi) is 5.37. The Hall–Kier alpha value is -2.43. The van der Waals surface area contributed by atoms with Crippen LogP contribution in [0.3, 0.4) is 0 Å². The zero-order valence-corrected chi connectivity index (χ0v) is 15.7. The maximum Gasteiger partial charge on any atom is 0.165 e. The number of piperazine rings is 1. The van der Waals surface area contributed by atoms with E-state index in [1.165, 1.54) is 23.4 Å². The van der Waals surface area contributed by atoms with Crippen LogP contribution in [0, 0.1) is 5.82 Å². The van der Waals surface area contributed by atoms with E-state index in [1.807, 2.05) is 6.07 Å². The van der Waals surface area contributed by atoms with Crippen LogP contribution in [-0.4, -0.2) is 43.1 Å². The lowest BCUT2D eigenvalue weighted by atomic mass is 10.0. The van der Waals surface area contributed by atoms with Gasteiger partial charge in [0.1, 0.15) is 0 Å². The molecule has 0 bridgehead atoms. The van der Waals surface area contributed by atoms with Gasteiger partial charge in [-0.2, -0.15) is 0 Å². The maximum absolute atomic E-state index is 13.9. The standard InChI is InChI=1S/C23H25FN2O/c1-27-23-10-9-18(15-22(23)24)16-25-11-13-26(14-12-25)17-20-7-4-6-19-5-2-3-8-21(19)20/h2-10,15H,11-14,16-17H2,1H3. The number of halogens is 1. The molecule has 3 aromatic rings. The molecule has 0 radical (unpaired) electrons. The second-order valence-electron chi connectivity index (χ2n) is 7.16. The van der Waals surface area contributed by atoms with Gasteiger partial charge in [0.15, 0.2) is 11.6 Å². The van der Waals surface area contributed by atoms with Crippen molar-refractivity contribution in [2.75, 3.05) is 33.3 Å². The van der Waals surface area contributed by atoms with Crippen LogP contribution in [0.25, 0.3) is 10.8 Å². The largest absolute Gasteiger partial charge is 0.494 e. The summed E-state index contributed by atoms with van der Waals surface area (Å²) in [6.45, 7) is 5.82. The second-order valence-corrected chi connectivity index (χ2v) is 7.16. The first-order valence-electron chi connectivity index (χ1n) is 9.47. The topological polar surface area (TPSA) is 15.7 Å². The molecule has 140 valence electrons. The lowest BCUT2D eigenvalue weighted by Gasteiger charge is -2.35. The van der Waals surface area contributed by atoms with Crippen molar-refractivity contribution in [1.82, 2.24) is 9.80 Å². The summed E-state index contributed by atoms with van der Waals surface area (Å²) in [5, 5.41) is 2.64. The predicted octanol–water partition coefficient (Wildman–Crippen LogP) is 4.31. The van der Waals surface area contributed by atoms with Gasteiger partial charge in [0, 0.05) is 39.3 Å². The molecular formula is C23H25FN2O. The molecule has 4 heteroatoms. The van der Waals surface area contributed by atoms with Crippen LogP contribution < -0.4 is 4.74 Å². The van der Waals surface area contributed by atoms with Crippen molar-refractivity contribution in [3.05, 3.63) is 77.6 Å². The minimum atomic E-state index is -0.287. The summed E-state index contributed by atoms with van der Waals surface area (Å²) in [5.74, 6) is 0.0169. The Balaban J connectivity index is 1.35. The minimum absolute atomic E-state index is 0.287. The third kappa shape index (κ3) is 4.12. The molecule has 1 fully saturated rings. The first-order valence-corrected chi connectivity index (χ1v) is 9.47. The SMILES string of the molecule is COc1ccc(CN2CCN(Cc3cccc4ccccc34)CC2)cc1F. The molecule has 0 saturated carbocycles. The molecule has 4 rings (SSSR count). The number of hydrogen-bond donors (Lipinski definition) is 0. The molecule has 0 atom stereocenters. The molecule has 1 aliphatic rings. The van der Waals surface area contributed by atoms with E-state index < -0.39 is 0 Å². The number of benzene rings is 3. The van der Waals surface area contributed by atoms with Crippen LogP contribution in [0.5, 0.6) is 5.75 Å². The first kappa shape index (κ1) is 18.0. The number of nitrogens with zero attached hydrogens (tertiary/aromatic N) is 2. The summed E-state index contributed by atoms with van der Waals surface area (Å²) in [5.41, 5.74) is 2.38. The van der Waals surface area contributed by atoms with Crippen LogP contribution in [-0.2, 0) is 13.1 Å². The summed E-state index contributed by atoms with van der Waals surface area (Å²) in [6.07, 6.45) is 0. The third-order valence-electron chi connectivity index (χ3n) is 5.36. The molecule has 0 unspecified atom stereocenters. The van der Waals surface area contributed by atoms with Gasteiger partial charge in [-0.1, -0.05) is 48.5 Å². The molecule has 27 heavy (non-hydrogen) atoms. The van der Waals surface area contributed by atoms with Gasteiger partial charge in [0.25, 0.3) is 0 Å². The second kappa shape index (κ2) is 8.07.